The van der Waals surface area contributed by atoms with E-state index in [1.54, 1.807) is 18.3 Å². The molecule has 0 aromatic carbocycles. The van der Waals surface area contributed by atoms with Gasteiger partial charge in [0.2, 0.25) is 10.0 Å². The molecule has 2 aromatic rings. The molecule has 7 heteroatoms. The van der Waals surface area contributed by atoms with Crippen molar-refractivity contribution in [3.8, 4) is 0 Å². The largest absolute Gasteiger partial charge is 0.345 e. The average Bonchev–Trinajstić information content (AvgIpc) is 3.18. The Morgan fingerprint density at radius 3 is 2.95 bits per heavy atom. The summed E-state index contributed by atoms with van der Waals surface area (Å²) in [5.74, 6) is 0.325. The van der Waals surface area contributed by atoms with Crippen molar-refractivity contribution in [2.24, 2.45) is 11.7 Å². The summed E-state index contributed by atoms with van der Waals surface area (Å²) in [6.45, 7) is 2.16. The summed E-state index contributed by atoms with van der Waals surface area (Å²) >= 11 is 0. The third-order valence-electron chi connectivity index (χ3n) is 3.97. The summed E-state index contributed by atoms with van der Waals surface area (Å²) in [5.41, 5.74) is 5.76. The summed E-state index contributed by atoms with van der Waals surface area (Å²) in [5, 5.41) is 0.593. The van der Waals surface area contributed by atoms with Gasteiger partial charge < -0.3 is 10.7 Å². The number of nitrogens with one attached hydrogen (secondary N) is 2. The fraction of sp³-hybridized carbons (Fsp3) is 0.462. The molecule has 0 radical (unpaired) electrons. The van der Waals surface area contributed by atoms with Gasteiger partial charge in [-0.15, -0.1) is 0 Å². The first kappa shape index (κ1) is 13.5. The number of rotatable bonds is 5. The molecule has 2 heterocycles. The summed E-state index contributed by atoms with van der Waals surface area (Å²) < 4.78 is 28.0. The van der Waals surface area contributed by atoms with E-state index in [1.165, 1.54) is 6.20 Å². The molecule has 4 N–H and O–H groups in total. The first-order valence-corrected chi connectivity index (χ1v) is 8.11. The second kappa shape index (κ2) is 4.54. The van der Waals surface area contributed by atoms with E-state index in [0.717, 1.165) is 12.8 Å². The third kappa shape index (κ3) is 2.21. The van der Waals surface area contributed by atoms with Crippen LogP contribution in [0, 0.1) is 5.92 Å². The normalized spacial score (nSPS) is 19.1. The molecule has 0 spiro atoms. The van der Waals surface area contributed by atoms with Crippen LogP contribution in [0.5, 0.6) is 0 Å². The summed E-state index contributed by atoms with van der Waals surface area (Å²) in [7, 11) is -3.62. The molecule has 0 amide bonds. The molecule has 1 unspecified atom stereocenters. The van der Waals surface area contributed by atoms with Gasteiger partial charge in [-0.2, -0.15) is 0 Å². The van der Waals surface area contributed by atoms with Gasteiger partial charge in [0, 0.05) is 29.9 Å². The van der Waals surface area contributed by atoms with Crippen molar-refractivity contribution in [1.82, 2.24) is 14.7 Å². The molecule has 2 aromatic heterocycles. The number of nitrogens with zero attached hydrogens (tertiary/aromatic N) is 1. The minimum atomic E-state index is -3.62. The Labute approximate surface area is 117 Å². The first-order valence-electron chi connectivity index (χ1n) is 6.62. The summed E-state index contributed by atoms with van der Waals surface area (Å²) in [6.07, 6.45) is 5.14. The number of nitrogens with two attached hydrogens (primary N) is 1. The van der Waals surface area contributed by atoms with Gasteiger partial charge in [-0.05, 0) is 37.8 Å². The van der Waals surface area contributed by atoms with Gasteiger partial charge in [0.1, 0.15) is 10.5 Å². The van der Waals surface area contributed by atoms with Gasteiger partial charge in [0.15, 0.2) is 0 Å². The molecule has 108 valence electrons. The maximum absolute atomic E-state index is 12.6. The highest BCUT2D eigenvalue weighted by Gasteiger charge is 2.43. The van der Waals surface area contributed by atoms with Gasteiger partial charge in [0.25, 0.3) is 0 Å². The molecule has 0 saturated heterocycles. The molecular weight excluding hydrogens is 276 g/mol. The first-order chi connectivity index (χ1) is 9.46. The maximum Gasteiger partial charge on any atom is 0.243 e. The Morgan fingerprint density at radius 1 is 1.55 bits per heavy atom. The van der Waals surface area contributed by atoms with Crippen molar-refractivity contribution >= 4 is 21.1 Å². The molecule has 20 heavy (non-hydrogen) atoms. The number of sulfonamides is 1. The second-order valence-electron chi connectivity index (χ2n) is 5.55. The highest BCUT2D eigenvalue weighted by molar-refractivity contribution is 7.89. The maximum atomic E-state index is 12.6. The zero-order valence-corrected chi connectivity index (χ0v) is 12.1. The predicted molar refractivity (Wildman–Crippen MR) is 76.6 cm³/mol. The Balaban J connectivity index is 1.99. The van der Waals surface area contributed by atoms with Crippen LogP contribution in [-0.4, -0.2) is 30.5 Å². The van der Waals surface area contributed by atoms with Crippen molar-refractivity contribution in [2.45, 2.75) is 30.2 Å². The second-order valence-corrected chi connectivity index (χ2v) is 7.20. The van der Waals surface area contributed by atoms with Crippen LogP contribution in [-0.2, 0) is 10.0 Å². The number of hydrogen-bond donors (Lipinski definition) is 3. The zero-order valence-electron chi connectivity index (χ0n) is 11.3. The molecule has 1 fully saturated rings. The topological polar surface area (TPSA) is 101 Å². The van der Waals surface area contributed by atoms with Crippen molar-refractivity contribution in [3.05, 3.63) is 24.5 Å². The fourth-order valence-corrected chi connectivity index (χ4v) is 4.17. The average molecular weight is 294 g/mol. The molecule has 1 atom stereocenters. The smallest absolute Gasteiger partial charge is 0.243 e. The van der Waals surface area contributed by atoms with Crippen LogP contribution in [0.1, 0.15) is 19.8 Å². The Bertz CT molecular complexity index is 736. The molecule has 1 aliphatic rings. The SMILES string of the molecule is CC(CN)(NS(=O)(=O)c1c[nH]c2ncccc12)C1CC1. The van der Waals surface area contributed by atoms with Crippen molar-refractivity contribution in [2.75, 3.05) is 6.54 Å². The van der Waals surface area contributed by atoms with Crippen molar-refractivity contribution in [1.29, 1.82) is 0 Å². The van der Waals surface area contributed by atoms with Gasteiger partial charge in [0.05, 0.1) is 0 Å². The van der Waals surface area contributed by atoms with E-state index in [9.17, 15) is 8.42 Å². The lowest BCUT2D eigenvalue weighted by atomic mass is 9.98. The lowest BCUT2D eigenvalue weighted by Crippen LogP contribution is -2.52. The summed E-state index contributed by atoms with van der Waals surface area (Å²) in [6, 6.07) is 3.46. The number of aromatic nitrogens is 2. The van der Waals surface area contributed by atoms with E-state index in [1.807, 2.05) is 6.92 Å². The van der Waals surface area contributed by atoms with Gasteiger partial charge in [-0.3, -0.25) is 0 Å². The molecule has 1 saturated carbocycles. The van der Waals surface area contributed by atoms with E-state index < -0.39 is 15.6 Å². The molecule has 1 aliphatic carbocycles. The molecule has 6 nitrogen and oxygen atoms in total. The fourth-order valence-electron chi connectivity index (χ4n) is 2.53. The minimum absolute atomic E-state index is 0.223. The molecule has 0 aliphatic heterocycles. The highest BCUT2D eigenvalue weighted by atomic mass is 32.2. The van der Waals surface area contributed by atoms with E-state index in [4.69, 9.17) is 5.73 Å². The van der Waals surface area contributed by atoms with E-state index in [0.29, 0.717) is 17.0 Å². The Morgan fingerprint density at radius 2 is 2.30 bits per heavy atom. The van der Waals surface area contributed by atoms with Gasteiger partial charge in [-0.1, -0.05) is 0 Å². The Hall–Kier alpha value is -1.44. The lowest BCUT2D eigenvalue weighted by molar-refractivity contribution is 0.374. The van der Waals surface area contributed by atoms with Crippen LogP contribution < -0.4 is 10.5 Å². The van der Waals surface area contributed by atoms with Crippen LogP contribution in [0.25, 0.3) is 11.0 Å². The van der Waals surface area contributed by atoms with Gasteiger partial charge in [-0.25, -0.2) is 18.1 Å². The quantitative estimate of drug-likeness (QED) is 0.764. The van der Waals surface area contributed by atoms with Crippen molar-refractivity contribution < 1.29 is 8.42 Å². The Kier molecular flexibility index (Phi) is 3.07. The predicted octanol–water partition coefficient (Wildman–Crippen LogP) is 0.969. The number of H-pyrrole nitrogens is 1. The van der Waals surface area contributed by atoms with Crippen LogP contribution in [0.15, 0.2) is 29.4 Å². The summed E-state index contributed by atoms with van der Waals surface area (Å²) in [4.78, 5) is 7.21. The lowest BCUT2D eigenvalue weighted by Gasteiger charge is -2.28. The van der Waals surface area contributed by atoms with Gasteiger partial charge >= 0.3 is 0 Å². The number of fused-ring (bicyclic) bond motifs is 1. The van der Waals surface area contributed by atoms with Crippen molar-refractivity contribution in [3.63, 3.8) is 0 Å². The van der Waals surface area contributed by atoms with E-state index >= 15 is 0 Å². The van der Waals surface area contributed by atoms with Crippen LogP contribution in [0.4, 0.5) is 0 Å². The van der Waals surface area contributed by atoms with E-state index in [-0.39, 0.29) is 11.4 Å². The number of hydrogen-bond acceptors (Lipinski definition) is 4. The van der Waals surface area contributed by atoms with E-state index in [2.05, 4.69) is 14.7 Å². The number of aromatic amines is 1. The monoisotopic (exact) mass is 294 g/mol. The zero-order chi connectivity index (χ0) is 14.4. The molecule has 0 bridgehead atoms. The van der Waals surface area contributed by atoms with Crippen LogP contribution >= 0.6 is 0 Å². The molecule has 3 rings (SSSR count). The van der Waals surface area contributed by atoms with Crippen LogP contribution in [0.2, 0.25) is 0 Å². The highest BCUT2D eigenvalue weighted by Crippen LogP contribution is 2.40. The standard InChI is InChI=1S/C13H18N4O2S/c1-13(8-14,9-4-5-9)17-20(18,19)11-7-16-12-10(11)3-2-6-15-12/h2-3,6-7,9,17H,4-5,8,14H2,1H3,(H,15,16). The minimum Gasteiger partial charge on any atom is -0.345 e. The number of pyridine rings is 1. The van der Waals surface area contributed by atoms with Crippen LogP contribution in [0.3, 0.4) is 0 Å². The molecular formula is C13H18N4O2S. The third-order valence-corrected chi connectivity index (χ3v) is 5.62.